The quantitative estimate of drug-likeness (QED) is 0.804. The van der Waals surface area contributed by atoms with E-state index in [0.29, 0.717) is 11.1 Å². The lowest BCUT2D eigenvalue weighted by atomic mass is 9.76. The van der Waals surface area contributed by atoms with E-state index in [0.717, 1.165) is 66.9 Å². The first-order valence-corrected chi connectivity index (χ1v) is 10.4. The van der Waals surface area contributed by atoms with Gasteiger partial charge in [0.15, 0.2) is 0 Å². The first kappa shape index (κ1) is 18.1. The van der Waals surface area contributed by atoms with Crippen molar-refractivity contribution < 1.29 is 9.90 Å². The van der Waals surface area contributed by atoms with Gasteiger partial charge in [-0.15, -0.1) is 11.3 Å². The molecule has 2 heterocycles. The Bertz CT molecular complexity index is 946. The first-order valence-electron chi connectivity index (χ1n) is 9.57. The van der Waals surface area contributed by atoms with E-state index in [4.69, 9.17) is 0 Å². The van der Waals surface area contributed by atoms with Crippen molar-refractivity contribution in [1.82, 2.24) is 0 Å². The molecule has 0 atom stereocenters. The van der Waals surface area contributed by atoms with Crippen molar-refractivity contribution in [3.05, 3.63) is 39.8 Å². The molecular weight excluding hydrogens is 356 g/mol. The molecule has 27 heavy (non-hydrogen) atoms. The van der Waals surface area contributed by atoms with Gasteiger partial charge in [-0.3, -0.25) is 0 Å². The molecule has 1 saturated heterocycles. The molecule has 1 fully saturated rings. The van der Waals surface area contributed by atoms with Crippen LogP contribution in [0.5, 0.6) is 0 Å². The van der Waals surface area contributed by atoms with E-state index in [-0.39, 0.29) is 5.41 Å². The summed E-state index contributed by atoms with van der Waals surface area (Å²) in [6.07, 6.45) is 5.12. The zero-order valence-electron chi connectivity index (χ0n) is 15.8. The first-order chi connectivity index (χ1) is 12.9. The lowest BCUT2D eigenvalue weighted by Crippen LogP contribution is -2.22. The summed E-state index contributed by atoms with van der Waals surface area (Å²) in [6, 6.07) is 7.93. The van der Waals surface area contributed by atoms with E-state index in [9.17, 15) is 15.2 Å². The SMILES string of the molecule is CC1(C)CCc2sc(-c3cc(C#N)ccc3N3CCCC3)c(C(=O)O)c2C1. The van der Waals surface area contributed by atoms with Gasteiger partial charge in [0.1, 0.15) is 0 Å². The summed E-state index contributed by atoms with van der Waals surface area (Å²) < 4.78 is 0. The van der Waals surface area contributed by atoms with Crippen LogP contribution in [-0.4, -0.2) is 24.2 Å². The van der Waals surface area contributed by atoms with Crippen molar-refractivity contribution in [2.45, 2.75) is 46.0 Å². The lowest BCUT2D eigenvalue weighted by molar-refractivity contribution is 0.0696. The number of fused-ring (bicyclic) bond motifs is 1. The van der Waals surface area contributed by atoms with Crippen LogP contribution in [-0.2, 0) is 12.8 Å². The third-order valence-electron chi connectivity index (χ3n) is 5.81. The normalized spacial score (nSPS) is 18.2. The standard InChI is InChI=1S/C22H24N2O2S/c1-22(2)8-7-18-16(12-22)19(21(25)26)20(27-18)15-11-14(13-23)5-6-17(15)24-9-3-4-10-24/h5-6,11H,3-4,7-10,12H2,1-2H3,(H,25,26). The number of carboxylic acid groups (broad SMARTS) is 1. The van der Waals surface area contributed by atoms with E-state index in [1.54, 1.807) is 11.3 Å². The van der Waals surface area contributed by atoms with Crippen LogP contribution in [0.4, 0.5) is 5.69 Å². The monoisotopic (exact) mass is 380 g/mol. The molecule has 5 heteroatoms. The molecule has 0 bridgehead atoms. The van der Waals surface area contributed by atoms with Gasteiger partial charge in [-0.05, 0) is 61.3 Å². The summed E-state index contributed by atoms with van der Waals surface area (Å²) in [5.74, 6) is -0.852. The van der Waals surface area contributed by atoms with E-state index >= 15 is 0 Å². The van der Waals surface area contributed by atoms with Crippen molar-refractivity contribution in [1.29, 1.82) is 5.26 Å². The number of nitrogens with zero attached hydrogens (tertiary/aromatic N) is 2. The highest BCUT2D eigenvalue weighted by atomic mass is 32.1. The molecule has 4 nitrogen and oxygen atoms in total. The maximum atomic E-state index is 12.3. The number of rotatable bonds is 3. The number of hydrogen-bond acceptors (Lipinski definition) is 4. The molecule has 1 N–H and O–H groups in total. The van der Waals surface area contributed by atoms with Gasteiger partial charge in [-0.2, -0.15) is 5.26 Å². The number of carboxylic acids is 1. The van der Waals surface area contributed by atoms with Gasteiger partial charge in [0.25, 0.3) is 0 Å². The third kappa shape index (κ3) is 3.23. The van der Waals surface area contributed by atoms with Crippen LogP contribution < -0.4 is 4.90 Å². The molecular formula is C22H24N2O2S. The molecule has 2 aliphatic rings. The number of thiophene rings is 1. The van der Waals surface area contributed by atoms with Crippen LogP contribution in [0.25, 0.3) is 10.4 Å². The maximum Gasteiger partial charge on any atom is 0.337 e. The summed E-state index contributed by atoms with van der Waals surface area (Å²) >= 11 is 1.62. The Labute approximate surface area is 164 Å². The minimum atomic E-state index is -0.852. The van der Waals surface area contributed by atoms with Gasteiger partial charge in [-0.25, -0.2) is 4.79 Å². The number of aryl methyl sites for hydroxylation is 1. The molecule has 0 amide bonds. The van der Waals surface area contributed by atoms with Gasteiger partial charge in [0, 0.05) is 29.2 Å². The fourth-order valence-electron chi connectivity index (χ4n) is 4.36. The van der Waals surface area contributed by atoms with Crippen LogP contribution in [0.1, 0.15) is 59.5 Å². The molecule has 1 aromatic heterocycles. The van der Waals surface area contributed by atoms with Gasteiger partial charge in [0.05, 0.1) is 22.1 Å². The van der Waals surface area contributed by atoms with Crippen LogP contribution in [0, 0.1) is 16.7 Å². The van der Waals surface area contributed by atoms with Crippen molar-refractivity contribution in [3.8, 4) is 16.5 Å². The average molecular weight is 381 g/mol. The Balaban J connectivity index is 1.92. The predicted octanol–water partition coefficient (Wildman–Crippen LogP) is 5.10. The predicted molar refractivity (Wildman–Crippen MR) is 109 cm³/mol. The minimum absolute atomic E-state index is 0.127. The maximum absolute atomic E-state index is 12.3. The molecule has 140 valence electrons. The van der Waals surface area contributed by atoms with Crippen molar-refractivity contribution in [3.63, 3.8) is 0 Å². The Morgan fingerprint density at radius 2 is 2.04 bits per heavy atom. The highest BCUT2D eigenvalue weighted by Gasteiger charge is 2.34. The third-order valence-corrected chi connectivity index (χ3v) is 7.13. The van der Waals surface area contributed by atoms with Crippen molar-refractivity contribution in [2.75, 3.05) is 18.0 Å². The van der Waals surface area contributed by atoms with Gasteiger partial charge >= 0.3 is 5.97 Å². The highest BCUT2D eigenvalue weighted by molar-refractivity contribution is 7.16. The molecule has 0 saturated carbocycles. The molecule has 0 radical (unpaired) electrons. The Morgan fingerprint density at radius 3 is 2.70 bits per heavy atom. The van der Waals surface area contributed by atoms with Crippen LogP contribution in [0.15, 0.2) is 18.2 Å². The fraction of sp³-hybridized carbons (Fsp3) is 0.455. The molecule has 1 aliphatic carbocycles. The number of carbonyl (C=O) groups is 1. The number of aromatic carboxylic acids is 1. The van der Waals surface area contributed by atoms with Crippen molar-refractivity contribution >= 4 is 23.0 Å². The van der Waals surface area contributed by atoms with Gasteiger partial charge < -0.3 is 10.0 Å². The summed E-state index contributed by atoms with van der Waals surface area (Å²) in [6.45, 7) is 6.40. The summed E-state index contributed by atoms with van der Waals surface area (Å²) in [5, 5.41) is 19.5. The molecule has 2 aromatic rings. The minimum Gasteiger partial charge on any atom is -0.478 e. The van der Waals surface area contributed by atoms with Crippen LogP contribution in [0.3, 0.4) is 0 Å². The second-order valence-corrected chi connectivity index (χ2v) is 9.50. The summed E-state index contributed by atoms with van der Waals surface area (Å²) in [5.41, 5.74) is 4.14. The van der Waals surface area contributed by atoms with Crippen LogP contribution in [0.2, 0.25) is 0 Å². The van der Waals surface area contributed by atoms with E-state index in [1.807, 2.05) is 18.2 Å². The second-order valence-electron chi connectivity index (χ2n) is 8.39. The largest absolute Gasteiger partial charge is 0.478 e. The second kappa shape index (κ2) is 6.69. The van der Waals surface area contributed by atoms with E-state index in [2.05, 4.69) is 24.8 Å². The zero-order chi connectivity index (χ0) is 19.2. The smallest absolute Gasteiger partial charge is 0.337 e. The summed E-state index contributed by atoms with van der Waals surface area (Å²) in [4.78, 5) is 16.6. The molecule has 1 aromatic carbocycles. The number of nitriles is 1. The Hall–Kier alpha value is -2.32. The van der Waals surface area contributed by atoms with E-state index in [1.165, 1.54) is 4.88 Å². The molecule has 4 rings (SSSR count). The fourth-order valence-corrected chi connectivity index (χ4v) is 5.69. The number of hydrogen-bond donors (Lipinski definition) is 1. The van der Waals surface area contributed by atoms with E-state index < -0.39 is 5.97 Å². The van der Waals surface area contributed by atoms with Crippen LogP contribution >= 0.6 is 11.3 Å². The Morgan fingerprint density at radius 1 is 1.30 bits per heavy atom. The molecule has 0 spiro atoms. The zero-order valence-corrected chi connectivity index (χ0v) is 16.7. The highest BCUT2D eigenvalue weighted by Crippen LogP contribution is 2.47. The summed E-state index contributed by atoms with van der Waals surface area (Å²) in [7, 11) is 0. The van der Waals surface area contributed by atoms with Gasteiger partial charge in [-0.1, -0.05) is 13.8 Å². The molecule has 1 aliphatic heterocycles. The van der Waals surface area contributed by atoms with Crippen molar-refractivity contribution in [2.24, 2.45) is 5.41 Å². The topological polar surface area (TPSA) is 64.3 Å². The Kier molecular flexibility index (Phi) is 4.47. The van der Waals surface area contributed by atoms with Gasteiger partial charge in [0.2, 0.25) is 0 Å². The average Bonchev–Trinajstić information content (AvgIpc) is 3.27. The lowest BCUT2D eigenvalue weighted by Gasteiger charge is -2.29. The molecule has 0 unspecified atom stereocenters. The number of benzene rings is 1. The number of anilines is 1.